The largest absolute Gasteiger partial charge is 0.326 e. The maximum Gasteiger partial charge on any atom is 0.244 e. The topological polar surface area (TPSA) is 70.6 Å². The van der Waals surface area contributed by atoms with Crippen molar-refractivity contribution in [2.24, 2.45) is 11.0 Å². The molecule has 0 spiro atoms. The first-order valence-electron chi connectivity index (χ1n) is 9.41. The SMILES string of the molecule is CCC(CC)C(=O)Nc1cccc(C(C)=NNC(=O)Cc2ccc(Cl)cc2)c1. The zero-order valence-corrected chi connectivity index (χ0v) is 17.2. The number of carbonyl (C=O) groups is 2. The van der Waals surface area contributed by atoms with Crippen molar-refractivity contribution < 1.29 is 9.59 Å². The highest BCUT2D eigenvalue weighted by molar-refractivity contribution is 6.30. The van der Waals surface area contributed by atoms with Crippen molar-refractivity contribution in [3.05, 3.63) is 64.7 Å². The summed E-state index contributed by atoms with van der Waals surface area (Å²) in [5.41, 5.74) is 5.63. The Hall–Kier alpha value is -2.66. The number of benzene rings is 2. The first-order valence-corrected chi connectivity index (χ1v) is 9.79. The van der Waals surface area contributed by atoms with E-state index in [0.29, 0.717) is 10.7 Å². The van der Waals surface area contributed by atoms with Gasteiger partial charge in [0.2, 0.25) is 11.8 Å². The number of carbonyl (C=O) groups excluding carboxylic acids is 2. The van der Waals surface area contributed by atoms with Crippen LogP contribution in [0.1, 0.15) is 44.7 Å². The number of rotatable bonds is 8. The number of halogens is 1. The lowest BCUT2D eigenvalue weighted by Gasteiger charge is -2.13. The van der Waals surface area contributed by atoms with Crippen molar-refractivity contribution >= 4 is 34.8 Å². The molecule has 0 aliphatic rings. The summed E-state index contributed by atoms with van der Waals surface area (Å²) in [6.45, 7) is 5.83. The maximum absolute atomic E-state index is 12.3. The van der Waals surface area contributed by atoms with Gasteiger partial charge in [0.05, 0.1) is 12.1 Å². The van der Waals surface area contributed by atoms with Crippen LogP contribution < -0.4 is 10.7 Å². The minimum Gasteiger partial charge on any atom is -0.326 e. The van der Waals surface area contributed by atoms with Gasteiger partial charge in [-0.05, 0) is 55.2 Å². The molecule has 2 N–H and O–H groups in total. The Kier molecular flexibility index (Phi) is 8.20. The Morgan fingerprint density at radius 1 is 1.07 bits per heavy atom. The molecule has 2 aromatic carbocycles. The van der Waals surface area contributed by atoms with Crippen molar-refractivity contribution in [1.29, 1.82) is 0 Å². The van der Waals surface area contributed by atoms with Gasteiger partial charge in [-0.25, -0.2) is 5.43 Å². The van der Waals surface area contributed by atoms with Gasteiger partial charge < -0.3 is 5.32 Å². The Morgan fingerprint density at radius 2 is 1.75 bits per heavy atom. The van der Waals surface area contributed by atoms with E-state index in [1.807, 2.05) is 57.2 Å². The maximum atomic E-state index is 12.3. The fourth-order valence-corrected chi connectivity index (χ4v) is 2.89. The highest BCUT2D eigenvalue weighted by atomic mass is 35.5. The Balaban J connectivity index is 1.99. The lowest BCUT2D eigenvalue weighted by atomic mass is 10.0. The molecule has 0 aromatic heterocycles. The zero-order valence-electron chi connectivity index (χ0n) is 16.5. The van der Waals surface area contributed by atoms with E-state index in [4.69, 9.17) is 11.6 Å². The zero-order chi connectivity index (χ0) is 20.5. The molecule has 28 heavy (non-hydrogen) atoms. The molecule has 0 saturated heterocycles. The Labute approximate surface area is 171 Å². The van der Waals surface area contributed by atoms with Crippen LogP contribution in [0.4, 0.5) is 5.69 Å². The number of amides is 2. The van der Waals surface area contributed by atoms with Gasteiger partial charge in [-0.3, -0.25) is 9.59 Å². The van der Waals surface area contributed by atoms with Crippen LogP contribution in [0.3, 0.4) is 0 Å². The van der Waals surface area contributed by atoms with Gasteiger partial charge in [0.1, 0.15) is 0 Å². The number of hydrazone groups is 1. The van der Waals surface area contributed by atoms with Gasteiger partial charge >= 0.3 is 0 Å². The van der Waals surface area contributed by atoms with Crippen LogP contribution in [0.25, 0.3) is 0 Å². The van der Waals surface area contributed by atoms with Crippen molar-refractivity contribution in [2.75, 3.05) is 5.32 Å². The third-order valence-corrected chi connectivity index (χ3v) is 4.78. The highest BCUT2D eigenvalue weighted by Crippen LogP contribution is 2.15. The number of nitrogens with one attached hydrogen (secondary N) is 2. The molecule has 0 heterocycles. The lowest BCUT2D eigenvalue weighted by Crippen LogP contribution is -2.22. The molecule has 0 aliphatic heterocycles. The fourth-order valence-electron chi connectivity index (χ4n) is 2.76. The van der Waals surface area contributed by atoms with E-state index >= 15 is 0 Å². The van der Waals surface area contributed by atoms with E-state index in [1.54, 1.807) is 12.1 Å². The van der Waals surface area contributed by atoms with Crippen molar-refractivity contribution in [2.45, 2.75) is 40.0 Å². The average molecular weight is 400 g/mol. The van der Waals surface area contributed by atoms with E-state index in [1.165, 1.54) is 0 Å². The van der Waals surface area contributed by atoms with Crippen molar-refractivity contribution in [1.82, 2.24) is 5.43 Å². The molecule has 0 unspecified atom stereocenters. The number of hydrogen-bond donors (Lipinski definition) is 2. The van der Waals surface area contributed by atoms with Crippen LogP contribution in [0.5, 0.6) is 0 Å². The van der Waals surface area contributed by atoms with Gasteiger partial charge in [0.25, 0.3) is 0 Å². The molecule has 0 radical (unpaired) electrons. The molecule has 6 heteroatoms. The number of anilines is 1. The lowest BCUT2D eigenvalue weighted by molar-refractivity contribution is -0.121. The monoisotopic (exact) mass is 399 g/mol. The summed E-state index contributed by atoms with van der Waals surface area (Å²) in [5.74, 6) is -0.182. The second-order valence-electron chi connectivity index (χ2n) is 6.62. The van der Waals surface area contributed by atoms with Gasteiger partial charge in [-0.15, -0.1) is 0 Å². The predicted molar refractivity (Wildman–Crippen MR) is 115 cm³/mol. The summed E-state index contributed by atoms with van der Waals surface area (Å²) in [7, 11) is 0. The molecule has 0 saturated carbocycles. The summed E-state index contributed by atoms with van der Waals surface area (Å²) >= 11 is 5.85. The smallest absolute Gasteiger partial charge is 0.244 e. The number of nitrogens with zero attached hydrogens (tertiary/aromatic N) is 1. The molecule has 2 rings (SSSR count). The number of hydrogen-bond acceptors (Lipinski definition) is 3. The van der Waals surface area contributed by atoms with Crippen LogP contribution in [0, 0.1) is 5.92 Å². The quantitative estimate of drug-likeness (QED) is 0.494. The molecule has 0 aliphatic carbocycles. The van der Waals surface area contributed by atoms with Gasteiger partial charge in [-0.1, -0.05) is 49.7 Å². The van der Waals surface area contributed by atoms with E-state index in [9.17, 15) is 9.59 Å². The van der Waals surface area contributed by atoms with Crippen molar-refractivity contribution in [3.63, 3.8) is 0 Å². The summed E-state index contributed by atoms with van der Waals surface area (Å²) in [6.07, 6.45) is 1.84. The molecule has 0 bridgehead atoms. The molecule has 5 nitrogen and oxygen atoms in total. The summed E-state index contributed by atoms with van der Waals surface area (Å²) in [6, 6.07) is 14.6. The van der Waals surface area contributed by atoms with Crippen molar-refractivity contribution in [3.8, 4) is 0 Å². The first kappa shape index (κ1) is 21.6. The summed E-state index contributed by atoms with van der Waals surface area (Å²) < 4.78 is 0. The van der Waals surface area contributed by atoms with E-state index in [0.717, 1.165) is 29.7 Å². The predicted octanol–water partition coefficient (Wildman–Crippen LogP) is 4.80. The molecular weight excluding hydrogens is 374 g/mol. The summed E-state index contributed by atoms with van der Waals surface area (Å²) in [4.78, 5) is 24.3. The highest BCUT2D eigenvalue weighted by Gasteiger charge is 2.14. The molecule has 2 amide bonds. The van der Waals surface area contributed by atoms with Gasteiger partial charge in [-0.2, -0.15) is 5.10 Å². The standard InChI is InChI=1S/C22H26ClN3O2/c1-4-17(5-2)22(28)24-20-8-6-7-18(14-20)15(3)25-26-21(27)13-16-9-11-19(23)12-10-16/h6-12,14,17H,4-5,13H2,1-3H3,(H,24,28)(H,26,27). The van der Waals surface area contributed by atoms with Crippen LogP contribution in [-0.4, -0.2) is 17.5 Å². The minimum absolute atomic E-state index is 0.00516. The van der Waals surface area contributed by atoms with Crippen LogP contribution in [-0.2, 0) is 16.0 Å². The molecule has 2 aromatic rings. The van der Waals surface area contributed by atoms with Crippen LogP contribution in [0.2, 0.25) is 5.02 Å². The van der Waals surface area contributed by atoms with E-state index in [-0.39, 0.29) is 24.2 Å². The molecule has 0 fully saturated rings. The second-order valence-corrected chi connectivity index (χ2v) is 7.06. The normalized spacial score (nSPS) is 11.4. The first-order chi connectivity index (χ1) is 13.4. The third-order valence-electron chi connectivity index (χ3n) is 4.53. The Bertz CT molecular complexity index is 843. The molecule has 0 atom stereocenters. The van der Waals surface area contributed by atoms with Crippen LogP contribution >= 0.6 is 11.6 Å². The average Bonchev–Trinajstić information content (AvgIpc) is 2.69. The molecular formula is C22H26ClN3O2. The van der Waals surface area contributed by atoms with Crippen LogP contribution in [0.15, 0.2) is 53.6 Å². The fraction of sp³-hybridized carbons (Fsp3) is 0.318. The second kappa shape index (κ2) is 10.6. The van der Waals surface area contributed by atoms with Gasteiger partial charge in [0, 0.05) is 16.6 Å². The molecule has 148 valence electrons. The van der Waals surface area contributed by atoms with E-state index in [2.05, 4.69) is 15.8 Å². The third kappa shape index (κ3) is 6.50. The van der Waals surface area contributed by atoms with E-state index < -0.39 is 0 Å². The Morgan fingerprint density at radius 3 is 2.39 bits per heavy atom. The minimum atomic E-state index is -0.208. The van der Waals surface area contributed by atoms with Gasteiger partial charge in [0.15, 0.2) is 0 Å². The summed E-state index contributed by atoms with van der Waals surface area (Å²) in [5, 5.41) is 7.76.